The summed E-state index contributed by atoms with van der Waals surface area (Å²) in [6, 6.07) is -0.381. The highest BCUT2D eigenvalue weighted by Gasteiger charge is 2.43. The van der Waals surface area contributed by atoms with E-state index in [1.807, 2.05) is 11.0 Å². The van der Waals surface area contributed by atoms with Crippen LogP contribution in [0, 0.1) is 23.2 Å². The van der Waals surface area contributed by atoms with Gasteiger partial charge in [0.25, 0.3) is 0 Å². The van der Waals surface area contributed by atoms with Crippen molar-refractivity contribution in [3.8, 4) is 0 Å². The lowest BCUT2D eigenvalue weighted by Crippen LogP contribution is -2.58. The van der Waals surface area contributed by atoms with Crippen LogP contribution >= 0.6 is 23.2 Å². The van der Waals surface area contributed by atoms with E-state index in [0.717, 1.165) is 75.1 Å². The quantitative estimate of drug-likeness (QED) is 0.271. The standard InChI is InChI=1S/C26H42Cl2N2O2/c1-5-17(2)23(29-24(31)19-8-12-21(28)13-9-19)25(32)30-15-14-22(26(3,4)16-30)18-6-10-20(27)11-7-18/h8,10,17-18,21-24,29,31H,5-7,9,11-16H2,1-4H3/t17-,18-,21-,22?,23+,24?/m0/s1. The molecule has 0 saturated carbocycles. The van der Waals surface area contributed by atoms with Crippen molar-refractivity contribution in [2.45, 2.75) is 96.7 Å². The highest BCUT2D eigenvalue weighted by Crippen LogP contribution is 2.45. The number of rotatable bonds is 7. The van der Waals surface area contributed by atoms with Crippen LogP contribution in [0.15, 0.2) is 22.8 Å². The van der Waals surface area contributed by atoms with E-state index in [1.165, 1.54) is 0 Å². The Labute approximate surface area is 204 Å². The van der Waals surface area contributed by atoms with Gasteiger partial charge in [0.1, 0.15) is 6.23 Å². The minimum absolute atomic E-state index is 0.0656. The molecule has 1 amide bonds. The van der Waals surface area contributed by atoms with Crippen LogP contribution in [0.1, 0.15) is 79.1 Å². The van der Waals surface area contributed by atoms with Crippen molar-refractivity contribution < 1.29 is 9.90 Å². The molecule has 1 aliphatic heterocycles. The van der Waals surface area contributed by atoms with Crippen molar-refractivity contribution in [2.75, 3.05) is 13.1 Å². The van der Waals surface area contributed by atoms with Gasteiger partial charge in [-0.05, 0) is 73.7 Å². The molecule has 0 radical (unpaired) electrons. The van der Waals surface area contributed by atoms with Crippen LogP contribution in [0.2, 0.25) is 0 Å². The number of aliphatic hydroxyl groups is 1. The zero-order chi connectivity index (χ0) is 23.5. The second-order valence-electron chi connectivity index (χ2n) is 10.9. The summed E-state index contributed by atoms with van der Waals surface area (Å²) in [5.41, 5.74) is 1.03. The fourth-order valence-corrected chi connectivity index (χ4v) is 6.28. The summed E-state index contributed by atoms with van der Waals surface area (Å²) < 4.78 is 0. The average molecular weight is 486 g/mol. The van der Waals surface area contributed by atoms with Crippen molar-refractivity contribution in [3.63, 3.8) is 0 Å². The topological polar surface area (TPSA) is 52.6 Å². The molecule has 182 valence electrons. The zero-order valence-electron chi connectivity index (χ0n) is 20.2. The number of hydrogen-bond donors (Lipinski definition) is 2. The molecule has 0 aromatic carbocycles. The van der Waals surface area contributed by atoms with Gasteiger partial charge in [0.2, 0.25) is 5.91 Å². The van der Waals surface area contributed by atoms with Gasteiger partial charge >= 0.3 is 0 Å². The van der Waals surface area contributed by atoms with Gasteiger partial charge in [-0.25, -0.2) is 0 Å². The third-order valence-electron chi connectivity index (χ3n) is 8.14. The number of piperidine rings is 1. The van der Waals surface area contributed by atoms with Crippen LogP contribution in [0.5, 0.6) is 0 Å². The predicted octanol–water partition coefficient (Wildman–Crippen LogP) is 5.82. The summed E-state index contributed by atoms with van der Waals surface area (Å²) >= 11 is 12.4. The maximum Gasteiger partial charge on any atom is 0.240 e. The van der Waals surface area contributed by atoms with E-state index < -0.39 is 6.23 Å². The number of alkyl halides is 1. The number of allylic oxidation sites excluding steroid dienone is 3. The number of nitrogens with zero attached hydrogens (tertiary/aromatic N) is 1. The van der Waals surface area contributed by atoms with Crippen LogP contribution in [-0.2, 0) is 4.79 Å². The van der Waals surface area contributed by atoms with E-state index in [1.54, 1.807) is 0 Å². The highest BCUT2D eigenvalue weighted by atomic mass is 35.5. The summed E-state index contributed by atoms with van der Waals surface area (Å²) in [6.07, 6.45) is 11.0. The molecule has 0 bridgehead atoms. The molecule has 2 N–H and O–H groups in total. The number of carbonyl (C=O) groups is 1. The first-order valence-corrected chi connectivity index (χ1v) is 13.3. The molecule has 0 spiro atoms. The maximum absolute atomic E-state index is 13.7. The number of aliphatic hydroxyl groups excluding tert-OH is 1. The lowest BCUT2D eigenvalue weighted by Gasteiger charge is -2.49. The molecule has 1 heterocycles. The fraction of sp³-hybridized carbons (Fsp3) is 0.808. The molecule has 0 aromatic rings. The largest absolute Gasteiger partial charge is 0.375 e. The molecule has 0 aromatic heterocycles. The van der Waals surface area contributed by atoms with Crippen molar-refractivity contribution in [3.05, 3.63) is 22.8 Å². The Morgan fingerprint density at radius 2 is 2.00 bits per heavy atom. The maximum atomic E-state index is 13.7. The first kappa shape index (κ1) is 26.1. The number of nitrogens with one attached hydrogen (secondary N) is 1. The van der Waals surface area contributed by atoms with E-state index in [4.69, 9.17) is 23.2 Å². The first-order valence-electron chi connectivity index (χ1n) is 12.5. The second kappa shape index (κ2) is 11.3. The van der Waals surface area contributed by atoms with Crippen LogP contribution in [0.4, 0.5) is 0 Å². The third kappa shape index (κ3) is 6.31. The van der Waals surface area contributed by atoms with E-state index in [2.05, 4.69) is 39.1 Å². The number of amides is 1. The van der Waals surface area contributed by atoms with Crippen molar-refractivity contribution >= 4 is 29.1 Å². The molecule has 2 unspecified atom stereocenters. The lowest BCUT2D eigenvalue weighted by molar-refractivity contribution is -0.141. The molecule has 6 heteroatoms. The van der Waals surface area contributed by atoms with Gasteiger partial charge in [-0.3, -0.25) is 10.1 Å². The Kier molecular flexibility index (Phi) is 9.16. The molecule has 6 atom stereocenters. The average Bonchev–Trinajstić information content (AvgIpc) is 2.77. The van der Waals surface area contributed by atoms with Crippen LogP contribution in [0.3, 0.4) is 0 Å². The predicted molar refractivity (Wildman–Crippen MR) is 134 cm³/mol. The normalized spacial score (nSPS) is 31.3. The van der Waals surface area contributed by atoms with Gasteiger partial charge in [-0.15, -0.1) is 11.6 Å². The van der Waals surface area contributed by atoms with Crippen molar-refractivity contribution in [1.29, 1.82) is 0 Å². The summed E-state index contributed by atoms with van der Waals surface area (Å²) in [4.78, 5) is 15.7. The molecular formula is C26H42Cl2N2O2. The number of likely N-dealkylation sites (tertiary alicyclic amines) is 1. The summed E-state index contributed by atoms with van der Waals surface area (Å²) in [5, 5.41) is 15.3. The van der Waals surface area contributed by atoms with Gasteiger partial charge in [-0.1, -0.05) is 57.9 Å². The molecule has 4 nitrogen and oxygen atoms in total. The SMILES string of the molecule is CC[C@H](C)[C@@H](NC(O)C1=CC[C@H](Cl)CC1)C(=O)N1CCC([C@H]2CC=C(Cl)CC2)C(C)(C)C1. The molecule has 3 aliphatic rings. The van der Waals surface area contributed by atoms with Gasteiger partial charge < -0.3 is 10.0 Å². The molecule has 1 saturated heterocycles. The molecule has 3 rings (SSSR count). The van der Waals surface area contributed by atoms with Gasteiger partial charge in [0.15, 0.2) is 0 Å². The monoisotopic (exact) mass is 484 g/mol. The minimum atomic E-state index is -0.786. The first-order chi connectivity index (χ1) is 15.1. The van der Waals surface area contributed by atoms with Gasteiger partial charge in [-0.2, -0.15) is 0 Å². The fourth-order valence-electron chi connectivity index (χ4n) is 5.88. The summed E-state index contributed by atoms with van der Waals surface area (Å²) in [7, 11) is 0. The lowest BCUT2D eigenvalue weighted by atomic mass is 9.65. The molecule has 1 fully saturated rings. The van der Waals surface area contributed by atoms with Gasteiger partial charge in [0, 0.05) is 23.5 Å². The smallest absolute Gasteiger partial charge is 0.240 e. The Morgan fingerprint density at radius 3 is 2.56 bits per heavy atom. The summed E-state index contributed by atoms with van der Waals surface area (Å²) in [5.74, 6) is 1.53. The van der Waals surface area contributed by atoms with E-state index in [-0.39, 0.29) is 28.7 Å². The Hall–Kier alpha value is -0.550. The van der Waals surface area contributed by atoms with Crippen LogP contribution < -0.4 is 5.32 Å². The number of carbonyl (C=O) groups excluding carboxylic acids is 1. The zero-order valence-corrected chi connectivity index (χ0v) is 21.8. The second-order valence-corrected chi connectivity index (χ2v) is 12.0. The molecule has 2 aliphatic carbocycles. The Bertz CT molecular complexity index is 721. The Morgan fingerprint density at radius 1 is 1.25 bits per heavy atom. The molecule has 32 heavy (non-hydrogen) atoms. The van der Waals surface area contributed by atoms with Crippen LogP contribution in [0.25, 0.3) is 0 Å². The number of hydrogen-bond acceptors (Lipinski definition) is 3. The highest BCUT2D eigenvalue weighted by molar-refractivity contribution is 6.29. The third-order valence-corrected chi connectivity index (χ3v) is 8.88. The minimum Gasteiger partial charge on any atom is -0.375 e. The van der Waals surface area contributed by atoms with E-state index >= 15 is 0 Å². The molecular weight excluding hydrogens is 443 g/mol. The van der Waals surface area contributed by atoms with E-state index in [9.17, 15) is 9.90 Å². The van der Waals surface area contributed by atoms with Crippen molar-refractivity contribution in [1.82, 2.24) is 10.2 Å². The Balaban J connectivity index is 1.66. The number of halogens is 2. The van der Waals surface area contributed by atoms with E-state index in [0.29, 0.717) is 11.8 Å². The van der Waals surface area contributed by atoms with Gasteiger partial charge in [0.05, 0.1) is 6.04 Å². The van der Waals surface area contributed by atoms with Crippen molar-refractivity contribution in [2.24, 2.45) is 23.2 Å². The summed E-state index contributed by atoms with van der Waals surface area (Å²) in [6.45, 7) is 10.4. The van der Waals surface area contributed by atoms with Crippen LogP contribution in [-0.4, -0.2) is 46.6 Å².